The van der Waals surface area contributed by atoms with E-state index in [4.69, 9.17) is 9.47 Å². The maximum Gasteiger partial charge on any atom is 0.302 e. The van der Waals surface area contributed by atoms with Crippen molar-refractivity contribution in [3.63, 3.8) is 0 Å². The molecule has 10 heteroatoms. The van der Waals surface area contributed by atoms with E-state index < -0.39 is 54.1 Å². The number of ether oxygens (including phenoxy) is 2. The summed E-state index contributed by atoms with van der Waals surface area (Å²) in [7, 11) is 0. The molecule has 1 aromatic carbocycles. The molecule has 0 bridgehead atoms. The summed E-state index contributed by atoms with van der Waals surface area (Å²) in [6.45, 7) is 1.01. The molecule has 188 valence electrons. The van der Waals surface area contributed by atoms with Crippen LogP contribution >= 0.6 is 0 Å². The maximum absolute atomic E-state index is 13.3. The molecule has 0 radical (unpaired) electrons. The number of aliphatic hydroxyl groups excluding tert-OH is 3. The van der Waals surface area contributed by atoms with Gasteiger partial charge in [0.1, 0.15) is 18.6 Å². The molecule has 2 unspecified atom stereocenters. The van der Waals surface area contributed by atoms with Crippen LogP contribution in [0.3, 0.4) is 0 Å². The standard InChI is InChI=1S/C25H28O10/c1-15(26)34-13-25(14-35-16(2)27,23(32)9-5-17-3-7-19(28)21(30)11-17)24(33)10-6-18-4-8-20(29)22(31)12-18/h3,5-12,18,24,28-31,33H,4,13-14H2,1-2H3/b9-5+,10-6+. The molecule has 0 heterocycles. The number of ketones is 1. The lowest BCUT2D eigenvalue weighted by atomic mass is 9.78. The van der Waals surface area contributed by atoms with Crippen molar-refractivity contribution >= 4 is 23.8 Å². The number of hydrogen-bond acceptors (Lipinski definition) is 10. The molecule has 0 aliphatic heterocycles. The highest BCUT2D eigenvalue weighted by Gasteiger charge is 2.45. The number of rotatable bonds is 10. The zero-order valence-electron chi connectivity index (χ0n) is 19.2. The number of aliphatic hydroxyl groups is 3. The van der Waals surface area contributed by atoms with Crippen LogP contribution < -0.4 is 0 Å². The fourth-order valence-electron chi connectivity index (χ4n) is 3.22. The van der Waals surface area contributed by atoms with E-state index in [9.17, 15) is 39.9 Å². The van der Waals surface area contributed by atoms with E-state index in [-0.39, 0.29) is 17.3 Å². The number of benzene rings is 1. The van der Waals surface area contributed by atoms with Crippen molar-refractivity contribution in [3.05, 3.63) is 65.7 Å². The Morgan fingerprint density at radius 1 is 1.03 bits per heavy atom. The van der Waals surface area contributed by atoms with E-state index in [1.807, 2.05) is 0 Å². The first-order valence-corrected chi connectivity index (χ1v) is 10.6. The Bertz CT molecular complexity index is 1060. The number of hydrogen-bond donors (Lipinski definition) is 5. The predicted molar refractivity (Wildman–Crippen MR) is 124 cm³/mol. The smallest absolute Gasteiger partial charge is 0.302 e. The molecule has 0 saturated carbocycles. The highest BCUT2D eigenvalue weighted by atomic mass is 16.5. The molecular formula is C25H28O10. The second-order valence-electron chi connectivity index (χ2n) is 8.03. The second kappa shape index (κ2) is 11.9. The zero-order valence-corrected chi connectivity index (χ0v) is 19.2. The first-order chi connectivity index (χ1) is 16.4. The van der Waals surface area contributed by atoms with Gasteiger partial charge in [0.2, 0.25) is 0 Å². The van der Waals surface area contributed by atoms with Gasteiger partial charge in [-0.3, -0.25) is 14.4 Å². The van der Waals surface area contributed by atoms with Crippen LogP contribution in [0.4, 0.5) is 0 Å². The number of carbonyl (C=O) groups excluding carboxylic acids is 3. The highest BCUT2D eigenvalue weighted by molar-refractivity contribution is 5.99. The van der Waals surface area contributed by atoms with Crippen molar-refractivity contribution in [2.75, 3.05) is 13.2 Å². The van der Waals surface area contributed by atoms with Crippen molar-refractivity contribution < 1.29 is 49.4 Å². The molecule has 2 rings (SSSR count). The van der Waals surface area contributed by atoms with Gasteiger partial charge < -0.3 is 35.0 Å². The quantitative estimate of drug-likeness (QED) is 0.143. The monoisotopic (exact) mass is 488 g/mol. The lowest BCUT2D eigenvalue weighted by Crippen LogP contribution is -2.49. The van der Waals surface area contributed by atoms with Crippen LogP contribution in [0.2, 0.25) is 0 Å². The van der Waals surface area contributed by atoms with Crippen LogP contribution in [-0.4, -0.2) is 62.6 Å². The Kier molecular flexibility index (Phi) is 9.24. The Morgan fingerprint density at radius 2 is 1.66 bits per heavy atom. The molecule has 5 N–H and O–H groups in total. The number of phenolic OH excluding ortho intramolecular Hbond substituents is 2. The molecular weight excluding hydrogens is 460 g/mol. The Morgan fingerprint density at radius 3 is 2.20 bits per heavy atom. The largest absolute Gasteiger partial charge is 0.504 e. The molecule has 1 aromatic rings. The van der Waals surface area contributed by atoms with Crippen LogP contribution in [0.1, 0.15) is 25.8 Å². The number of aromatic hydroxyl groups is 2. The first-order valence-electron chi connectivity index (χ1n) is 10.6. The maximum atomic E-state index is 13.3. The summed E-state index contributed by atoms with van der Waals surface area (Å²) in [5.74, 6) is -3.96. The summed E-state index contributed by atoms with van der Waals surface area (Å²) in [4.78, 5) is 36.4. The number of allylic oxidation sites excluding steroid dienone is 4. The second-order valence-corrected chi connectivity index (χ2v) is 8.03. The molecule has 0 amide bonds. The minimum Gasteiger partial charge on any atom is -0.504 e. The number of carbonyl (C=O) groups is 3. The molecule has 2 atom stereocenters. The van der Waals surface area contributed by atoms with Gasteiger partial charge in [0, 0.05) is 19.8 Å². The summed E-state index contributed by atoms with van der Waals surface area (Å²) in [6.07, 6.45) is 6.61. The Labute approximate surface area is 201 Å². The van der Waals surface area contributed by atoms with Gasteiger partial charge in [-0.25, -0.2) is 0 Å². The van der Waals surface area contributed by atoms with Crippen LogP contribution in [0, 0.1) is 11.3 Å². The lowest BCUT2D eigenvalue weighted by Gasteiger charge is -2.33. The number of phenols is 2. The van der Waals surface area contributed by atoms with E-state index in [0.29, 0.717) is 12.0 Å². The van der Waals surface area contributed by atoms with Gasteiger partial charge in [0.15, 0.2) is 28.8 Å². The highest BCUT2D eigenvalue weighted by Crippen LogP contribution is 2.30. The average Bonchev–Trinajstić information content (AvgIpc) is 2.80. The summed E-state index contributed by atoms with van der Waals surface area (Å²) < 4.78 is 10.1. The van der Waals surface area contributed by atoms with Gasteiger partial charge in [0.05, 0.1) is 6.10 Å². The molecule has 35 heavy (non-hydrogen) atoms. The number of esters is 2. The van der Waals surface area contributed by atoms with Crippen molar-refractivity contribution in [3.8, 4) is 11.5 Å². The van der Waals surface area contributed by atoms with Crippen molar-refractivity contribution in [2.45, 2.75) is 26.4 Å². The van der Waals surface area contributed by atoms with Crippen LogP contribution in [-0.2, 0) is 23.9 Å². The molecule has 10 nitrogen and oxygen atoms in total. The van der Waals surface area contributed by atoms with Crippen LogP contribution in [0.5, 0.6) is 11.5 Å². The van der Waals surface area contributed by atoms with Crippen LogP contribution in [0.15, 0.2) is 60.1 Å². The predicted octanol–water partition coefficient (Wildman–Crippen LogP) is 2.61. The van der Waals surface area contributed by atoms with Crippen molar-refractivity contribution in [1.29, 1.82) is 0 Å². The third-order valence-electron chi connectivity index (χ3n) is 5.31. The minimum absolute atomic E-state index is 0.269. The molecule has 0 fully saturated rings. The Balaban J connectivity index is 2.41. The summed E-state index contributed by atoms with van der Waals surface area (Å²) in [5, 5.41) is 49.3. The van der Waals surface area contributed by atoms with Gasteiger partial charge in [-0.2, -0.15) is 0 Å². The summed E-state index contributed by atoms with van der Waals surface area (Å²) in [5.41, 5.74) is -1.57. The van der Waals surface area contributed by atoms with E-state index >= 15 is 0 Å². The minimum atomic E-state index is -1.91. The van der Waals surface area contributed by atoms with Crippen LogP contribution in [0.25, 0.3) is 6.08 Å². The molecule has 0 saturated heterocycles. The first kappa shape index (κ1) is 27.2. The van der Waals surface area contributed by atoms with Gasteiger partial charge in [-0.1, -0.05) is 24.3 Å². The molecule has 0 aromatic heterocycles. The molecule has 1 aliphatic carbocycles. The SMILES string of the molecule is CC(=O)OCC(COC(C)=O)(C(=O)/C=C/c1ccc(O)c(O)c1)C(O)/C=C/C1C=C(O)C(O)=CC1. The fraction of sp³-hybridized carbons (Fsp3) is 0.320. The molecule has 1 aliphatic rings. The van der Waals surface area contributed by atoms with Crippen molar-refractivity contribution in [2.24, 2.45) is 11.3 Å². The van der Waals surface area contributed by atoms with E-state index in [1.165, 1.54) is 48.6 Å². The average molecular weight is 488 g/mol. The van der Waals surface area contributed by atoms with Gasteiger partial charge in [-0.05, 0) is 42.3 Å². The molecule has 0 spiro atoms. The Hall–Kier alpha value is -4.05. The van der Waals surface area contributed by atoms with Gasteiger partial charge in [-0.15, -0.1) is 0 Å². The summed E-state index contributed by atoms with van der Waals surface area (Å²) >= 11 is 0. The lowest BCUT2D eigenvalue weighted by molar-refractivity contribution is -0.160. The van der Waals surface area contributed by atoms with E-state index in [0.717, 1.165) is 19.9 Å². The van der Waals surface area contributed by atoms with Gasteiger partial charge in [0.25, 0.3) is 0 Å². The third kappa shape index (κ3) is 7.47. The topological polar surface area (TPSA) is 171 Å². The van der Waals surface area contributed by atoms with Crippen molar-refractivity contribution in [1.82, 2.24) is 0 Å². The van der Waals surface area contributed by atoms with E-state index in [1.54, 1.807) is 0 Å². The fourth-order valence-corrected chi connectivity index (χ4v) is 3.22. The zero-order chi connectivity index (χ0) is 26.2. The normalized spacial score (nSPS) is 17.1. The van der Waals surface area contributed by atoms with E-state index in [2.05, 4.69) is 0 Å². The van der Waals surface area contributed by atoms with Gasteiger partial charge >= 0.3 is 11.9 Å². The third-order valence-corrected chi connectivity index (χ3v) is 5.31. The summed E-state index contributed by atoms with van der Waals surface area (Å²) in [6, 6.07) is 3.86.